The lowest BCUT2D eigenvalue weighted by molar-refractivity contribution is -0.126. The number of amides is 2. The number of hydrazone groups is 1. The Hall–Kier alpha value is -2.70. The molecule has 0 bridgehead atoms. The minimum Gasteiger partial charge on any atom is -0.370 e. The van der Waals surface area contributed by atoms with Crippen LogP contribution in [0.5, 0.6) is 0 Å². The molecule has 1 fully saturated rings. The van der Waals surface area contributed by atoms with Gasteiger partial charge in [-0.05, 0) is 44.2 Å². The molecule has 2 heterocycles. The van der Waals surface area contributed by atoms with Crippen LogP contribution in [0.3, 0.4) is 0 Å². The van der Waals surface area contributed by atoms with Gasteiger partial charge >= 0.3 is 0 Å². The van der Waals surface area contributed by atoms with E-state index in [1.165, 1.54) is 6.92 Å². The van der Waals surface area contributed by atoms with Crippen molar-refractivity contribution in [2.45, 2.75) is 45.1 Å². The van der Waals surface area contributed by atoms with E-state index in [1.807, 2.05) is 30.3 Å². The molecule has 0 aromatic heterocycles. The van der Waals surface area contributed by atoms with Gasteiger partial charge in [0.15, 0.2) is 5.78 Å². The van der Waals surface area contributed by atoms with Crippen molar-refractivity contribution < 1.29 is 14.4 Å². The number of primary amides is 1. The number of ketones is 1. The standard InChI is InChI=1S/C20H26N4O3/c1-14(25)18-12-17(22-24(18)16-7-3-2-4-8-16)20(27)23-11-5-6-15(13-23)9-10-19(21)26/h2-4,7-8,15,18H,5-6,9-13H2,1H3,(H2,21,26). The van der Waals surface area contributed by atoms with Crippen molar-refractivity contribution in [3.05, 3.63) is 30.3 Å². The molecular weight excluding hydrogens is 344 g/mol. The Balaban J connectivity index is 1.72. The summed E-state index contributed by atoms with van der Waals surface area (Å²) in [6, 6.07) is 8.99. The molecule has 0 saturated carbocycles. The number of carbonyl (C=O) groups is 3. The van der Waals surface area contributed by atoms with Crippen LogP contribution in [-0.2, 0) is 14.4 Å². The Morgan fingerprint density at radius 3 is 2.63 bits per heavy atom. The van der Waals surface area contributed by atoms with Gasteiger partial charge in [-0.3, -0.25) is 19.4 Å². The van der Waals surface area contributed by atoms with Crippen LogP contribution in [0.2, 0.25) is 0 Å². The predicted octanol–water partition coefficient (Wildman–Crippen LogP) is 1.71. The molecular formula is C20H26N4O3. The van der Waals surface area contributed by atoms with Crippen LogP contribution in [0, 0.1) is 5.92 Å². The lowest BCUT2D eigenvalue weighted by Gasteiger charge is -2.32. The minimum atomic E-state index is -0.443. The molecule has 0 radical (unpaired) electrons. The maximum absolute atomic E-state index is 13.0. The van der Waals surface area contributed by atoms with Crippen molar-refractivity contribution in [2.75, 3.05) is 18.1 Å². The van der Waals surface area contributed by atoms with Crippen molar-refractivity contribution in [3.8, 4) is 0 Å². The number of para-hydroxylation sites is 1. The average molecular weight is 370 g/mol. The molecule has 2 aliphatic rings. The van der Waals surface area contributed by atoms with Crippen molar-refractivity contribution in [2.24, 2.45) is 16.8 Å². The molecule has 144 valence electrons. The quantitative estimate of drug-likeness (QED) is 0.824. The van der Waals surface area contributed by atoms with Crippen molar-refractivity contribution in [1.29, 1.82) is 0 Å². The van der Waals surface area contributed by atoms with E-state index in [-0.39, 0.29) is 23.5 Å². The van der Waals surface area contributed by atoms with E-state index >= 15 is 0 Å². The molecule has 7 nitrogen and oxygen atoms in total. The van der Waals surface area contributed by atoms with E-state index in [0.717, 1.165) is 18.5 Å². The van der Waals surface area contributed by atoms with Crippen LogP contribution in [0.4, 0.5) is 5.69 Å². The van der Waals surface area contributed by atoms with Gasteiger partial charge in [-0.15, -0.1) is 0 Å². The van der Waals surface area contributed by atoms with Crippen LogP contribution in [-0.4, -0.2) is 47.3 Å². The van der Waals surface area contributed by atoms with Gasteiger partial charge in [0.1, 0.15) is 11.8 Å². The second-order valence-corrected chi connectivity index (χ2v) is 7.32. The highest BCUT2D eigenvalue weighted by molar-refractivity contribution is 6.40. The molecule has 2 amide bonds. The number of hydrogen-bond donors (Lipinski definition) is 1. The lowest BCUT2D eigenvalue weighted by Crippen LogP contribution is -2.43. The molecule has 1 aromatic carbocycles. The van der Waals surface area contributed by atoms with Gasteiger partial charge in [-0.2, -0.15) is 5.10 Å². The Kier molecular flexibility index (Phi) is 5.88. The molecule has 1 saturated heterocycles. The first-order chi connectivity index (χ1) is 13.0. The summed E-state index contributed by atoms with van der Waals surface area (Å²) in [6.45, 7) is 2.83. The zero-order chi connectivity index (χ0) is 19.4. The fourth-order valence-electron chi connectivity index (χ4n) is 3.79. The first-order valence-electron chi connectivity index (χ1n) is 9.45. The van der Waals surface area contributed by atoms with Gasteiger partial charge in [0.25, 0.3) is 5.91 Å². The maximum atomic E-state index is 13.0. The van der Waals surface area contributed by atoms with E-state index in [4.69, 9.17) is 5.73 Å². The fourth-order valence-corrected chi connectivity index (χ4v) is 3.79. The summed E-state index contributed by atoms with van der Waals surface area (Å²) in [6.07, 6.45) is 3.28. The first-order valence-corrected chi connectivity index (χ1v) is 9.45. The Morgan fingerprint density at radius 2 is 1.96 bits per heavy atom. The van der Waals surface area contributed by atoms with Gasteiger partial charge in [0, 0.05) is 25.9 Å². The molecule has 27 heavy (non-hydrogen) atoms. The van der Waals surface area contributed by atoms with Gasteiger partial charge in [0.2, 0.25) is 5.91 Å². The van der Waals surface area contributed by atoms with Crippen molar-refractivity contribution >= 4 is 29.0 Å². The monoisotopic (exact) mass is 370 g/mol. The van der Waals surface area contributed by atoms with Crippen LogP contribution >= 0.6 is 0 Å². The van der Waals surface area contributed by atoms with Gasteiger partial charge in [0.05, 0.1) is 5.69 Å². The molecule has 2 unspecified atom stereocenters. The highest BCUT2D eigenvalue weighted by Gasteiger charge is 2.36. The van der Waals surface area contributed by atoms with E-state index in [1.54, 1.807) is 9.91 Å². The number of anilines is 1. The van der Waals surface area contributed by atoms with Gasteiger partial charge in [-0.1, -0.05) is 18.2 Å². The number of nitrogens with zero attached hydrogens (tertiary/aromatic N) is 3. The fraction of sp³-hybridized carbons (Fsp3) is 0.500. The van der Waals surface area contributed by atoms with Crippen molar-refractivity contribution in [1.82, 2.24) is 4.90 Å². The van der Waals surface area contributed by atoms with Crippen LogP contribution < -0.4 is 10.7 Å². The summed E-state index contributed by atoms with van der Waals surface area (Å²) in [5.74, 6) is -0.140. The largest absolute Gasteiger partial charge is 0.370 e. The molecule has 0 spiro atoms. The SMILES string of the molecule is CC(=O)C1CC(C(=O)N2CCCC(CCC(N)=O)C2)=NN1c1ccccc1. The zero-order valence-corrected chi connectivity index (χ0v) is 15.6. The molecule has 7 heteroatoms. The number of carbonyl (C=O) groups excluding carboxylic acids is 3. The molecule has 2 N–H and O–H groups in total. The lowest BCUT2D eigenvalue weighted by atomic mass is 9.93. The maximum Gasteiger partial charge on any atom is 0.270 e. The summed E-state index contributed by atoms with van der Waals surface area (Å²) < 4.78 is 0. The third-order valence-corrected chi connectivity index (χ3v) is 5.25. The van der Waals surface area contributed by atoms with E-state index in [9.17, 15) is 14.4 Å². The molecule has 3 rings (SSSR count). The number of rotatable bonds is 6. The summed E-state index contributed by atoms with van der Waals surface area (Å²) in [5.41, 5.74) is 6.47. The number of nitrogens with two attached hydrogens (primary N) is 1. The topological polar surface area (TPSA) is 96.1 Å². The third kappa shape index (κ3) is 4.53. The third-order valence-electron chi connectivity index (χ3n) is 5.25. The number of piperidine rings is 1. The molecule has 1 aromatic rings. The minimum absolute atomic E-state index is 0.0108. The number of Topliss-reactive ketones (excluding diaryl/α,β-unsaturated/α-hetero) is 1. The number of benzene rings is 1. The summed E-state index contributed by atoms with van der Waals surface area (Å²) >= 11 is 0. The normalized spacial score (nSPS) is 22.5. The van der Waals surface area contributed by atoms with E-state index in [0.29, 0.717) is 38.1 Å². The highest BCUT2D eigenvalue weighted by Crippen LogP contribution is 2.27. The Morgan fingerprint density at radius 1 is 1.22 bits per heavy atom. The summed E-state index contributed by atoms with van der Waals surface area (Å²) in [4.78, 5) is 37.9. The molecule has 2 aliphatic heterocycles. The second kappa shape index (κ2) is 8.33. The number of likely N-dealkylation sites (tertiary alicyclic amines) is 1. The van der Waals surface area contributed by atoms with Crippen LogP contribution in [0.15, 0.2) is 35.4 Å². The van der Waals surface area contributed by atoms with Gasteiger partial charge in [-0.25, -0.2) is 0 Å². The second-order valence-electron chi connectivity index (χ2n) is 7.32. The number of hydrogen-bond acceptors (Lipinski definition) is 5. The summed E-state index contributed by atoms with van der Waals surface area (Å²) in [5, 5.41) is 6.16. The Bertz CT molecular complexity index is 747. The predicted molar refractivity (Wildman–Crippen MR) is 103 cm³/mol. The first kappa shape index (κ1) is 19.1. The van der Waals surface area contributed by atoms with Crippen molar-refractivity contribution in [3.63, 3.8) is 0 Å². The van der Waals surface area contributed by atoms with E-state index < -0.39 is 6.04 Å². The zero-order valence-electron chi connectivity index (χ0n) is 15.6. The Labute approximate surface area is 159 Å². The molecule has 0 aliphatic carbocycles. The van der Waals surface area contributed by atoms with Crippen LogP contribution in [0.25, 0.3) is 0 Å². The average Bonchev–Trinajstić information content (AvgIpc) is 3.12. The van der Waals surface area contributed by atoms with Crippen LogP contribution in [0.1, 0.15) is 39.0 Å². The highest BCUT2D eigenvalue weighted by atomic mass is 16.2. The van der Waals surface area contributed by atoms with E-state index in [2.05, 4.69) is 5.10 Å². The van der Waals surface area contributed by atoms with Gasteiger partial charge < -0.3 is 10.6 Å². The molecule has 2 atom stereocenters. The smallest absolute Gasteiger partial charge is 0.270 e. The summed E-state index contributed by atoms with van der Waals surface area (Å²) in [7, 11) is 0.